The maximum Gasteiger partial charge on any atom is 0.251 e. The number of nitrogens with one attached hydrogen (secondary N) is 2. The first-order valence-corrected chi connectivity index (χ1v) is 8.32. The summed E-state index contributed by atoms with van der Waals surface area (Å²) < 4.78 is 0. The van der Waals surface area contributed by atoms with E-state index in [1.807, 2.05) is 6.92 Å². The Morgan fingerprint density at radius 3 is 2.67 bits per heavy atom. The molecule has 1 aliphatic carbocycles. The van der Waals surface area contributed by atoms with Crippen LogP contribution in [0.4, 0.5) is 5.82 Å². The summed E-state index contributed by atoms with van der Waals surface area (Å²) >= 11 is 0. The zero-order valence-electron chi connectivity index (χ0n) is 13.9. The molecule has 0 aliphatic heterocycles. The zero-order chi connectivity index (χ0) is 16.7. The third kappa shape index (κ3) is 2.77. The maximum atomic E-state index is 11.5. The van der Waals surface area contributed by atoms with Gasteiger partial charge in [-0.1, -0.05) is 0 Å². The SMILES string of the molecule is Cc1cc(=O)[nH]c(CNc2cc(C)c3cc4c(cc3n2)CCC4)n1. The molecule has 24 heavy (non-hydrogen) atoms. The van der Waals surface area contributed by atoms with Crippen molar-refractivity contribution in [2.75, 3.05) is 5.32 Å². The van der Waals surface area contributed by atoms with Gasteiger partial charge in [0, 0.05) is 17.1 Å². The van der Waals surface area contributed by atoms with E-state index in [9.17, 15) is 4.79 Å². The summed E-state index contributed by atoms with van der Waals surface area (Å²) in [5.41, 5.74) is 5.73. The van der Waals surface area contributed by atoms with Gasteiger partial charge in [0.1, 0.15) is 11.6 Å². The highest BCUT2D eigenvalue weighted by Gasteiger charge is 2.13. The summed E-state index contributed by atoms with van der Waals surface area (Å²) in [5, 5.41) is 4.50. The van der Waals surface area contributed by atoms with Crippen molar-refractivity contribution in [1.29, 1.82) is 0 Å². The molecule has 5 nitrogen and oxygen atoms in total. The number of nitrogens with zero attached hydrogens (tertiary/aromatic N) is 2. The van der Waals surface area contributed by atoms with Crippen LogP contribution in [0.1, 0.15) is 34.6 Å². The van der Waals surface area contributed by atoms with Gasteiger partial charge in [-0.3, -0.25) is 4.79 Å². The summed E-state index contributed by atoms with van der Waals surface area (Å²) in [6, 6.07) is 8.06. The van der Waals surface area contributed by atoms with Crippen molar-refractivity contribution < 1.29 is 0 Å². The Morgan fingerprint density at radius 2 is 1.88 bits per heavy atom. The lowest BCUT2D eigenvalue weighted by atomic mass is 10.0. The van der Waals surface area contributed by atoms with E-state index in [1.165, 1.54) is 41.0 Å². The van der Waals surface area contributed by atoms with Gasteiger partial charge < -0.3 is 10.3 Å². The lowest BCUT2D eigenvalue weighted by molar-refractivity contribution is 0.902. The first-order valence-electron chi connectivity index (χ1n) is 8.32. The fourth-order valence-corrected chi connectivity index (χ4v) is 3.45. The van der Waals surface area contributed by atoms with Crippen LogP contribution in [0.2, 0.25) is 0 Å². The molecule has 0 bridgehead atoms. The minimum atomic E-state index is -0.127. The van der Waals surface area contributed by atoms with Crippen molar-refractivity contribution in [3.63, 3.8) is 0 Å². The Labute approximate surface area is 140 Å². The lowest BCUT2D eigenvalue weighted by Crippen LogP contribution is -2.14. The standard InChI is InChI=1S/C19H20N4O/c1-11-6-17(20-10-18-21-12(2)7-19(24)23-18)22-16-9-14-5-3-4-13(14)8-15(11)16/h6-9H,3-5,10H2,1-2H3,(H,20,22)(H,21,23,24). The van der Waals surface area contributed by atoms with Crippen LogP contribution in [0.15, 0.2) is 29.1 Å². The highest BCUT2D eigenvalue weighted by Crippen LogP contribution is 2.29. The smallest absolute Gasteiger partial charge is 0.251 e. The minimum absolute atomic E-state index is 0.127. The first kappa shape index (κ1) is 14.9. The predicted molar refractivity (Wildman–Crippen MR) is 95.4 cm³/mol. The normalized spacial score (nSPS) is 13.2. The minimum Gasteiger partial charge on any atom is -0.363 e. The molecule has 1 aliphatic rings. The zero-order valence-corrected chi connectivity index (χ0v) is 13.9. The number of fused-ring (bicyclic) bond motifs is 2. The molecule has 2 heterocycles. The molecule has 3 aromatic rings. The predicted octanol–water partition coefficient (Wildman–Crippen LogP) is 3.04. The second-order valence-electron chi connectivity index (χ2n) is 6.50. The largest absolute Gasteiger partial charge is 0.363 e. The fraction of sp³-hybridized carbons (Fsp3) is 0.316. The van der Waals surface area contributed by atoms with Crippen molar-refractivity contribution in [3.8, 4) is 0 Å². The molecular weight excluding hydrogens is 300 g/mol. The number of aromatic nitrogens is 3. The lowest BCUT2D eigenvalue weighted by Gasteiger charge is -2.10. The average molecular weight is 320 g/mol. The average Bonchev–Trinajstić information content (AvgIpc) is 2.98. The summed E-state index contributed by atoms with van der Waals surface area (Å²) in [6.45, 7) is 4.38. The molecule has 122 valence electrons. The molecule has 0 amide bonds. The number of aryl methyl sites for hydroxylation is 4. The second-order valence-corrected chi connectivity index (χ2v) is 6.50. The number of pyridine rings is 1. The summed E-state index contributed by atoms with van der Waals surface area (Å²) in [6.07, 6.45) is 3.57. The Balaban J connectivity index is 1.65. The van der Waals surface area contributed by atoms with Crippen LogP contribution in [0.3, 0.4) is 0 Å². The van der Waals surface area contributed by atoms with Crippen molar-refractivity contribution >= 4 is 16.7 Å². The van der Waals surface area contributed by atoms with E-state index in [-0.39, 0.29) is 5.56 Å². The van der Waals surface area contributed by atoms with Crippen LogP contribution >= 0.6 is 0 Å². The second kappa shape index (κ2) is 5.74. The van der Waals surface area contributed by atoms with Crippen LogP contribution in [-0.4, -0.2) is 15.0 Å². The number of aromatic amines is 1. The summed E-state index contributed by atoms with van der Waals surface area (Å²) in [5.74, 6) is 1.43. The maximum absolute atomic E-state index is 11.5. The Morgan fingerprint density at radius 1 is 1.08 bits per heavy atom. The van der Waals surface area contributed by atoms with E-state index >= 15 is 0 Å². The Bertz CT molecular complexity index is 991. The van der Waals surface area contributed by atoms with Gasteiger partial charge in [0.25, 0.3) is 5.56 Å². The molecule has 2 aromatic heterocycles. The van der Waals surface area contributed by atoms with Gasteiger partial charge in [0.15, 0.2) is 0 Å². The number of H-pyrrole nitrogens is 1. The van der Waals surface area contributed by atoms with Crippen molar-refractivity contribution in [2.24, 2.45) is 0 Å². The first-order chi connectivity index (χ1) is 11.6. The topological polar surface area (TPSA) is 70.7 Å². The molecule has 1 aromatic carbocycles. The van der Waals surface area contributed by atoms with Gasteiger partial charge in [-0.25, -0.2) is 9.97 Å². The number of benzene rings is 1. The number of rotatable bonds is 3. The van der Waals surface area contributed by atoms with Crippen molar-refractivity contribution in [2.45, 2.75) is 39.7 Å². The van der Waals surface area contributed by atoms with Gasteiger partial charge in [-0.2, -0.15) is 0 Å². The molecule has 0 radical (unpaired) electrons. The number of hydrogen-bond acceptors (Lipinski definition) is 4. The van der Waals surface area contributed by atoms with Crippen LogP contribution in [0, 0.1) is 13.8 Å². The molecule has 0 saturated heterocycles. The van der Waals surface area contributed by atoms with E-state index in [2.05, 4.69) is 40.4 Å². The molecule has 0 atom stereocenters. The highest BCUT2D eigenvalue weighted by atomic mass is 16.1. The van der Waals surface area contributed by atoms with Gasteiger partial charge in [-0.15, -0.1) is 0 Å². The molecule has 0 fully saturated rings. The van der Waals surface area contributed by atoms with Crippen molar-refractivity contribution in [1.82, 2.24) is 15.0 Å². The van der Waals surface area contributed by atoms with E-state index in [4.69, 9.17) is 4.98 Å². The number of hydrogen-bond donors (Lipinski definition) is 2. The van der Waals surface area contributed by atoms with Crippen LogP contribution in [0.5, 0.6) is 0 Å². The van der Waals surface area contributed by atoms with Gasteiger partial charge in [0.2, 0.25) is 0 Å². The van der Waals surface area contributed by atoms with Crippen LogP contribution < -0.4 is 10.9 Å². The molecule has 0 saturated carbocycles. The highest BCUT2D eigenvalue weighted by molar-refractivity contribution is 5.85. The molecule has 4 rings (SSSR count). The third-order valence-electron chi connectivity index (χ3n) is 4.58. The molecule has 0 unspecified atom stereocenters. The van der Waals surface area contributed by atoms with Crippen LogP contribution in [-0.2, 0) is 19.4 Å². The van der Waals surface area contributed by atoms with E-state index in [1.54, 1.807) is 0 Å². The van der Waals surface area contributed by atoms with E-state index in [0.717, 1.165) is 17.8 Å². The Hall–Kier alpha value is -2.69. The monoisotopic (exact) mass is 320 g/mol. The summed E-state index contributed by atoms with van der Waals surface area (Å²) in [7, 11) is 0. The van der Waals surface area contributed by atoms with Gasteiger partial charge in [0.05, 0.1) is 12.1 Å². The van der Waals surface area contributed by atoms with Crippen LogP contribution in [0.25, 0.3) is 10.9 Å². The van der Waals surface area contributed by atoms with Gasteiger partial charge in [-0.05, 0) is 68.0 Å². The third-order valence-corrected chi connectivity index (χ3v) is 4.58. The Kier molecular flexibility index (Phi) is 3.56. The van der Waals surface area contributed by atoms with E-state index < -0.39 is 0 Å². The van der Waals surface area contributed by atoms with Gasteiger partial charge >= 0.3 is 0 Å². The molecule has 5 heteroatoms. The molecular formula is C19H20N4O. The number of anilines is 1. The summed E-state index contributed by atoms with van der Waals surface area (Å²) in [4.78, 5) is 23.3. The quantitative estimate of drug-likeness (QED) is 0.778. The van der Waals surface area contributed by atoms with Crippen molar-refractivity contribution in [3.05, 3.63) is 62.8 Å². The fourth-order valence-electron chi connectivity index (χ4n) is 3.45. The molecule has 2 N–H and O–H groups in total. The van der Waals surface area contributed by atoms with E-state index in [0.29, 0.717) is 18.1 Å². The molecule has 0 spiro atoms.